The average molecular weight is 1240 g/mol. The molecule has 3 N–H and O–H groups in total. The number of hydrogen-bond acceptors (Lipinski definition) is 15. The monoisotopic (exact) mass is 1240 g/mol. The zero-order valence-corrected chi connectivity index (χ0v) is 56.3. The molecule has 17 nitrogen and oxygen atoms in total. The highest BCUT2D eigenvalue weighted by atomic mass is 31.2. The lowest BCUT2D eigenvalue weighted by Crippen LogP contribution is -2.30. The van der Waals surface area contributed by atoms with Gasteiger partial charge in [-0.2, -0.15) is 0 Å². The van der Waals surface area contributed by atoms with Gasteiger partial charge in [0.2, 0.25) is 0 Å². The second-order valence-corrected chi connectivity index (χ2v) is 28.1. The van der Waals surface area contributed by atoms with Crippen LogP contribution in [0.25, 0.3) is 0 Å². The van der Waals surface area contributed by atoms with Crippen molar-refractivity contribution in [2.75, 3.05) is 39.6 Å². The maximum absolute atomic E-state index is 13.0. The second-order valence-electron chi connectivity index (χ2n) is 25.2. The van der Waals surface area contributed by atoms with Gasteiger partial charge < -0.3 is 33.8 Å². The molecule has 0 aliphatic heterocycles. The van der Waals surface area contributed by atoms with Gasteiger partial charge in [-0.25, -0.2) is 9.13 Å². The first-order valence-corrected chi connectivity index (χ1v) is 36.7. The summed E-state index contributed by atoms with van der Waals surface area (Å²) in [5, 5.41) is 10.5. The molecule has 19 heteroatoms. The van der Waals surface area contributed by atoms with E-state index in [-0.39, 0.29) is 25.7 Å². The second kappa shape index (κ2) is 55.2. The number of phosphoric ester groups is 2. The van der Waals surface area contributed by atoms with Crippen molar-refractivity contribution in [3.8, 4) is 0 Å². The molecule has 0 radical (unpaired) electrons. The Hall–Kier alpha value is -1.94. The molecule has 0 aliphatic rings. The summed E-state index contributed by atoms with van der Waals surface area (Å²) < 4.78 is 68.0. The van der Waals surface area contributed by atoms with E-state index in [4.69, 9.17) is 37.0 Å². The Morgan fingerprint density at radius 2 is 0.571 bits per heavy atom. The Kier molecular flexibility index (Phi) is 53.9. The SMILES string of the molecule is CCC(C)CCCCCCCCCCCCC(=O)O[C@H](COC(=O)CCCCCCCCC(C)C)COP(=O)(O)OC[C@H](O)COP(=O)(O)OC[C@@H](COC(=O)CCCCCCCCCCC(C)C)OC(=O)CCCCCCCCCC(C)C. The molecular weight excluding hydrogens is 1110 g/mol. The summed E-state index contributed by atoms with van der Waals surface area (Å²) in [6.45, 7) is 13.9. The van der Waals surface area contributed by atoms with Crippen molar-refractivity contribution < 1.29 is 80.2 Å². The third-order valence-corrected chi connectivity index (χ3v) is 17.1. The van der Waals surface area contributed by atoms with Crippen molar-refractivity contribution in [2.24, 2.45) is 23.7 Å². The molecule has 0 fully saturated rings. The number of aliphatic hydroxyl groups is 1. The number of esters is 4. The van der Waals surface area contributed by atoms with Gasteiger partial charge in [-0.05, 0) is 49.4 Å². The maximum atomic E-state index is 13.0. The molecule has 0 aromatic rings. The largest absolute Gasteiger partial charge is 0.472 e. The van der Waals surface area contributed by atoms with Crippen LogP contribution in [0.4, 0.5) is 0 Å². The van der Waals surface area contributed by atoms with Crippen LogP contribution in [0.5, 0.6) is 0 Å². The zero-order valence-electron chi connectivity index (χ0n) is 54.5. The van der Waals surface area contributed by atoms with Gasteiger partial charge in [0, 0.05) is 25.7 Å². The predicted molar refractivity (Wildman–Crippen MR) is 335 cm³/mol. The van der Waals surface area contributed by atoms with Crippen LogP contribution in [0.1, 0.15) is 312 Å². The number of aliphatic hydroxyl groups excluding tert-OH is 1. The number of carbonyl (C=O) groups is 4. The first-order chi connectivity index (χ1) is 40.1. The van der Waals surface area contributed by atoms with Gasteiger partial charge in [0.15, 0.2) is 12.2 Å². The van der Waals surface area contributed by atoms with E-state index < -0.39 is 97.5 Å². The first kappa shape index (κ1) is 82.1. The Morgan fingerprint density at radius 1 is 0.333 bits per heavy atom. The topological polar surface area (TPSA) is 237 Å². The van der Waals surface area contributed by atoms with Crippen LogP contribution >= 0.6 is 15.6 Å². The van der Waals surface area contributed by atoms with E-state index in [1.54, 1.807) is 0 Å². The minimum atomic E-state index is -4.95. The fourth-order valence-corrected chi connectivity index (χ4v) is 11.2. The molecule has 6 atom stereocenters. The Labute approximate surface area is 511 Å². The van der Waals surface area contributed by atoms with E-state index in [0.717, 1.165) is 108 Å². The number of carbonyl (C=O) groups excluding carboxylic acids is 4. The maximum Gasteiger partial charge on any atom is 0.472 e. The van der Waals surface area contributed by atoms with Gasteiger partial charge in [0.1, 0.15) is 19.3 Å². The molecule has 0 bridgehead atoms. The number of hydrogen-bond donors (Lipinski definition) is 3. The fraction of sp³-hybridized carbons (Fsp3) is 0.938. The van der Waals surface area contributed by atoms with E-state index in [1.807, 2.05) is 0 Å². The molecule has 0 rings (SSSR count). The van der Waals surface area contributed by atoms with Crippen LogP contribution in [0.15, 0.2) is 0 Å². The third-order valence-electron chi connectivity index (χ3n) is 15.2. The van der Waals surface area contributed by atoms with E-state index >= 15 is 0 Å². The molecule has 0 aromatic carbocycles. The number of unbranched alkanes of at least 4 members (excludes halogenated alkanes) is 27. The molecule has 0 saturated carbocycles. The normalized spacial score (nSPS) is 14.7. The summed E-state index contributed by atoms with van der Waals surface area (Å²) in [7, 11) is -9.89. The van der Waals surface area contributed by atoms with Crippen molar-refractivity contribution in [3.05, 3.63) is 0 Å². The molecule has 3 unspecified atom stereocenters. The summed E-state index contributed by atoms with van der Waals surface area (Å²) in [4.78, 5) is 72.2. The van der Waals surface area contributed by atoms with Crippen LogP contribution < -0.4 is 0 Å². The molecule has 84 heavy (non-hydrogen) atoms. The van der Waals surface area contributed by atoms with Crippen molar-refractivity contribution in [3.63, 3.8) is 0 Å². The molecule has 0 aromatic heterocycles. The van der Waals surface area contributed by atoms with E-state index in [0.29, 0.717) is 37.5 Å². The Bertz CT molecular complexity index is 1680. The zero-order chi connectivity index (χ0) is 62.5. The van der Waals surface area contributed by atoms with Crippen molar-refractivity contribution >= 4 is 39.5 Å². The van der Waals surface area contributed by atoms with Gasteiger partial charge in [0.05, 0.1) is 26.4 Å². The molecule has 0 aliphatic carbocycles. The van der Waals surface area contributed by atoms with Gasteiger partial charge in [-0.3, -0.25) is 37.3 Å². The van der Waals surface area contributed by atoms with Crippen molar-refractivity contribution in [2.45, 2.75) is 331 Å². The average Bonchev–Trinajstić information content (AvgIpc) is 3.44. The van der Waals surface area contributed by atoms with Crippen molar-refractivity contribution in [1.29, 1.82) is 0 Å². The lowest BCUT2D eigenvalue weighted by atomic mass is 9.99. The predicted octanol–water partition coefficient (Wildman–Crippen LogP) is 17.8. The van der Waals surface area contributed by atoms with Crippen LogP contribution in [-0.4, -0.2) is 96.7 Å². The number of rotatable bonds is 62. The van der Waals surface area contributed by atoms with E-state index in [1.165, 1.54) is 109 Å². The fourth-order valence-electron chi connectivity index (χ4n) is 9.57. The molecule has 0 amide bonds. The first-order valence-electron chi connectivity index (χ1n) is 33.7. The highest BCUT2D eigenvalue weighted by Gasteiger charge is 2.30. The van der Waals surface area contributed by atoms with E-state index in [9.17, 15) is 43.2 Å². The summed E-state index contributed by atoms with van der Waals surface area (Å²) in [6.07, 6.45) is 35.0. The Morgan fingerprint density at radius 3 is 0.845 bits per heavy atom. The summed E-state index contributed by atoms with van der Waals surface area (Å²) in [6, 6.07) is 0. The standard InChI is InChI=1S/C65H126O17P2/c1-9-58(8)44-36-28-19-12-10-11-13-21-31-39-47-64(69)81-61(52-76-63(68)46-38-30-24-23-27-35-43-57(6)7)54-80-84(73,74)78-50-59(66)49-77-83(71,72)79-53-60(82-65(70)48-40-32-22-16-18-26-34-42-56(4)5)51-75-62(67)45-37-29-20-15-14-17-25-33-41-55(2)3/h55-61,66H,9-54H2,1-8H3,(H,71,72)(H,73,74)/t58?,59-,60-,61-/m1/s1. The highest BCUT2D eigenvalue weighted by Crippen LogP contribution is 2.45. The Balaban J connectivity index is 5.24. The minimum absolute atomic E-state index is 0.102. The molecule has 0 heterocycles. The quantitative estimate of drug-likeness (QED) is 0.0222. The van der Waals surface area contributed by atoms with Gasteiger partial charge in [-0.15, -0.1) is 0 Å². The van der Waals surface area contributed by atoms with Gasteiger partial charge >= 0.3 is 39.5 Å². The lowest BCUT2D eigenvalue weighted by molar-refractivity contribution is -0.161. The summed E-state index contributed by atoms with van der Waals surface area (Å²) in [5.74, 6) is 0.764. The highest BCUT2D eigenvalue weighted by molar-refractivity contribution is 7.47. The summed E-state index contributed by atoms with van der Waals surface area (Å²) >= 11 is 0. The molecule has 0 spiro atoms. The van der Waals surface area contributed by atoms with Crippen LogP contribution in [0, 0.1) is 23.7 Å². The van der Waals surface area contributed by atoms with Gasteiger partial charge in [0.25, 0.3) is 0 Å². The minimum Gasteiger partial charge on any atom is -0.462 e. The number of phosphoric acid groups is 2. The van der Waals surface area contributed by atoms with Crippen molar-refractivity contribution in [1.82, 2.24) is 0 Å². The van der Waals surface area contributed by atoms with E-state index in [2.05, 4.69) is 55.4 Å². The van der Waals surface area contributed by atoms with Crippen LogP contribution in [-0.2, 0) is 65.4 Å². The molecular formula is C65H126O17P2. The molecule has 498 valence electrons. The summed E-state index contributed by atoms with van der Waals surface area (Å²) in [5.41, 5.74) is 0. The smallest absolute Gasteiger partial charge is 0.462 e. The van der Waals surface area contributed by atoms with Crippen LogP contribution in [0.3, 0.4) is 0 Å². The van der Waals surface area contributed by atoms with Gasteiger partial charge in [-0.1, -0.05) is 261 Å². The lowest BCUT2D eigenvalue weighted by Gasteiger charge is -2.21. The van der Waals surface area contributed by atoms with Crippen LogP contribution in [0.2, 0.25) is 0 Å². The number of ether oxygens (including phenoxy) is 4. The molecule has 0 saturated heterocycles. The third kappa shape index (κ3) is 57.8.